The Morgan fingerprint density at radius 3 is 2.74 bits per heavy atom. The van der Waals surface area contributed by atoms with Crippen LogP contribution < -0.4 is 10.1 Å². The van der Waals surface area contributed by atoms with E-state index < -0.39 is 0 Å². The van der Waals surface area contributed by atoms with E-state index in [9.17, 15) is 4.79 Å². The van der Waals surface area contributed by atoms with Gasteiger partial charge in [0.2, 0.25) is 5.65 Å². The zero-order valence-electron chi connectivity index (χ0n) is 15.1. The van der Waals surface area contributed by atoms with Gasteiger partial charge in [0, 0.05) is 31.4 Å². The van der Waals surface area contributed by atoms with Crippen LogP contribution in [0.4, 0.5) is 0 Å². The minimum absolute atomic E-state index is 0.170. The Kier molecular flexibility index (Phi) is 4.72. The van der Waals surface area contributed by atoms with Crippen molar-refractivity contribution in [3.63, 3.8) is 0 Å². The van der Waals surface area contributed by atoms with Gasteiger partial charge in [-0.25, -0.2) is 4.98 Å². The third kappa shape index (κ3) is 3.35. The summed E-state index contributed by atoms with van der Waals surface area (Å²) >= 11 is 0. The first-order valence-electron chi connectivity index (χ1n) is 8.88. The third-order valence-corrected chi connectivity index (χ3v) is 5.21. The zero-order valence-corrected chi connectivity index (χ0v) is 15.1. The van der Waals surface area contributed by atoms with E-state index in [4.69, 9.17) is 9.47 Å². The van der Waals surface area contributed by atoms with E-state index in [-0.39, 0.29) is 11.3 Å². The lowest BCUT2D eigenvalue weighted by Crippen LogP contribution is -2.44. The molecule has 0 unspecified atom stereocenters. The normalized spacial score (nSPS) is 16.2. The van der Waals surface area contributed by atoms with Crippen molar-refractivity contribution in [1.29, 1.82) is 0 Å². The molecule has 1 amide bonds. The Bertz CT molecular complexity index is 932. The quantitative estimate of drug-likeness (QED) is 0.713. The van der Waals surface area contributed by atoms with Crippen LogP contribution in [0.15, 0.2) is 36.5 Å². The molecule has 1 aliphatic heterocycles. The van der Waals surface area contributed by atoms with Gasteiger partial charge in [-0.15, -0.1) is 5.10 Å². The molecule has 2 N–H and O–H groups in total. The zero-order chi connectivity index (χ0) is 18.7. The first-order valence-corrected chi connectivity index (χ1v) is 8.88. The summed E-state index contributed by atoms with van der Waals surface area (Å²) in [6.07, 6.45) is 3.25. The fourth-order valence-corrected chi connectivity index (χ4v) is 3.56. The molecule has 0 saturated carbocycles. The molecular formula is C19H21N5O3. The van der Waals surface area contributed by atoms with Crippen LogP contribution in [0.3, 0.4) is 0 Å². The molecule has 3 aromatic rings. The van der Waals surface area contributed by atoms with E-state index in [0.717, 1.165) is 18.6 Å². The van der Waals surface area contributed by atoms with Gasteiger partial charge >= 0.3 is 0 Å². The summed E-state index contributed by atoms with van der Waals surface area (Å²) in [5.41, 5.74) is 2.37. The van der Waals surface area contributed by atoms with Crippen LogP contribution in [0.1, 0.15) is 28.8 Å². The highest BCUT2D eigenvalue weighted by molar-refractivity contribution is 6.03. The van der Waals surface area contributed by atoms with Gasteiger partial charge in [-0.2, -0.15) is 10.3 Å². The number of fused-ring (bicyclic) bond motifs is 1. The lowest BCUT2D eigenvalue weighted by molar-refractivity contribution is 0.0487. The Morgan fingerprint density at radius 1 is 1.22 bits per heavy atom. The molecule has 0 bridgehead atoms. The molecule has 0 aliphatic carbocycles. The number of ether oxygens (including phenoxy) is 2. The summed E-state index contributed by atoms with van der Waals surface area (Å²) in [5, 5.41) is 13.6. The second-order valence-electron chi connectivity index (χ2n) is 6.66. The number of nitrogens with zero attached hydrogens (tertiary/aromatic N) is 3. The molecule has 140 valence electrons. The van der Waals surface area contributed by atoms with Crippen molar-refractivity contribution in [3.8, 4) is 5.75 Å². The van der Waals surface area contributed by atoms with Crippen LogP contribution in [0, 0.1) is 0 Å². The molecule has 27 heavy (non-hydrogen) atoms. The minimum Gasteiger partial charge on any atom is -0.497 e. The average molecular weight is 367 g/mol. The number of carbonyl (C=O) groups excluding carboxylic acids is 1. The lowest BCUT2D eigenvalue weighted by atomic mass is 9.74. The highest BCUT2D eigenvalue weighted by atomic mass is 16.5. The van der Waals surface area contributed by atoms with Crippen LogP contribution in [0.5, 0.6) is 5.75 Å². The highest BCUT2D eigenvalue weighted by Gasteiger charge is 2.35. The van der Waals surface area contributed by atoms with Crippen molar-refractivity contribution < 1.29 is 14.3 Å². The fourth-order valence-electron chi connectivity index (χ4n) is 3.56. The van der Waals surface area contributed by atoms with Crippen LogP contribution in [-0.2, 0) is 10.2 Å². The highest BCUT2D eigenvalue weighted by Crippen LogP contribution is 2.35. The Morgan fingerprint density at radius 2 is 2.00 bits per heavy atom. The number of aromatic nitrogens is 4. The predicted octanol–water partition coefficient (Wildman–Crippen LogP) is 1.84. The molecule has 0 radical (unpaired) electrons. The van der Waals surface area contributed by atoms with Gasteiger partial charge in [0.1, 0.15) is 11.3 Å². The number of pyridine rings is 1. The lowest BCUT2D eigenvalue weighted by Gasteiger charge is -2.38. The predicted molar refractivity (Wildman–Crippen MR) is 98.7 cm³/mol. The number of amides is 1. The van der Waals surface area contributed by atoms with Crippen molar-refractivity contribution in [1.82, 2.24) is 25.7 Å². The van der Waals surface area contributed by atoms with Crippen LogP contribution in [0.2, 0.25) is 0 Å². The number of nitrogens with one attached hydrogen (secondary N) is 2. The Balaban J connectivity index is 1.57. The number of hydrogen-bond acceptors (Lipinski definition) is 6. The van der Waals surface area contributed by atoms with Gasteiger partial charge in [-0.05, 0) is 36.6 Å². The second-order valence-corrected chi connectivity index (χ2v) is 6.66. The maximum Gasteiger partial charge on any atom is 0.253 e. The summed E-state index contributed by atoms with van der Waals surface area (Å²) < 4.78 is 10.8. The summed E-state index contributed by atoms with van der Waals surface area (Å²) in [6, 6.07) is 9.70. The molecule has 4 rings (SSSR count). The van der Waals surface area contributed by atoms with Gasteiger partial charge in [0.25, 0.3) is 5.91 Å². The first kappa shape index (κ1) is 17.4. The molecular weight excluding hydrogens is 346 g/mol. The maximum absolute atomic E-state index is 12.8. The Hall–Kier alpha value is -3.00. The molecule has 0 atom stereocenters. The third-order valence-electron chi connectivity index (χ3n) is 5.21. The minimum atomic E-state index is -0.185. The number of carbonyl (C=O) groups is 1. The van der Waals surface area contributed by atoms with Gasteiger partial charge in [-0.1, -0.05) is 12.1 Å². The topological polar surface area (TPSA) is 102 Å². The van der Waals surface area contributed by atoms with Crippen molar-refractivity contribution in [2.75, 3.05) is 26.9 Å². The van der Waals surface area contributed by atoms with Gasteiger partial charge in [-0.3, -0.25) is 4.79 Å². The number of H-pyrrole nitrogens is 1. The van der Waals surface area contributed by atoms with Crippen molar-refractivity contribution in [3.05, 3.63) is 47.7 Å². The molecule has 1 aromatic carbocycles. The smallest absolute Gasteiger partial charge is 0.253 e. The summed E-state index contributed by atoms with van der Waals surface area (Å²) in [7, 11) is 1.65. The van der Waals surface area contributed by atoms with E-state index in [0.29, 0.717) is 36.5 Å². The van der Waals surface area contributed by atoms with E-state index >= 15 is 0 Å². The molecule has 3 heterocycles. The van der Waals surface area contributed by atoms with Gasteiger partial charge in [0.05, 0.1) is 12.7 Å². The summed E-state index contributed by atoms with van der Waals surface area (Å²) in [4.78, 5) is 16.9. The number of methoxy groups -OCH3 is 1. The second kappa shape index (κ2) is 7.32. The average Bonchev–Trinajstić information content (AvgIpc) is 3.22. The standard InChI is InChI=1S/C19H21N5O3/c1-26-14-4-2-13(3-5-14)19(7-10-27-11-8-19)12-21-18(25)15-6-9-20-17-16(15)22-24-23-17/h2-6,9H,7-8,10-12H2,1H3,(H,21,25)(H,20,22,23,24). The van der Waals surface area contributed by atoms with Crippen LogP contribution in [0.25, 0.3) is 11.2 Å². The molecule has 8 nitrogen and oxygen atoms in total. The SMILES string of the molecule is COc1ccc(C2(CNC(=O)c3ccnc4n[nH]nc34)CCOCC2)cc1. The number of hydrogen-bond donors (Lipinski definition) is 2. The fraction of sp³-hybridized carbons (Fsp3) is 0.368. The number of rotatable bonds is 5. The molecule has 1 aliphatic rings. The van der Waals surface area contributed by atoms with Gasteiger partial charge < -0.3 is 14.8 Å². The van der Waals surface area contributed by atoms with E-state index in [1.54, 1.807) is 19.4 Å². The van der Waals surface area contributed by atoms with E-state index in [2.05, 4.69) is 37.8 Å². The van der Waals surface area contributed by atoms with E-state index in [1.165, 1.54) is 5.56 Å². The molecule has 1 fully saturated rings. The molecule has 8 heteroatoms. The molecule has 0 spiro atoms. The van der Waals surface area contributed by atoms with Crippen molar-refractivity contribution in [2.45, 2.75) is 18.3 Å². The van der Waals surface area contributed by atoms with Crippen LogP contribution >= 0.6 is 0 Å². The number of aromatic amines is 1. The number of benzene rings is 1. The largest absolute Gasteiger partial charge is 0.497 e. The molecule has 1 saturated heterocycles. The van der Waals surface area contributed by atoms with Crippen LogP contribution in [-0.4, -0.2) is 53.2 Å². The Labute approximate surface area is 156 Å². The first-order chi connectivity index (χ1) is 13.2. The monoisotopic (exact) mass is 367 g/mol. The van der Waals surface area contributed by atoms with Gasteiger partial charge in [0.15, 0.2) is 0 Å². The van der Waals surface area contributed by atoms with E-state index in [1.807, 2.05) is 12.1 Å². The van der Waals surface area contributed by atoms with Crippen molar-refractivity contribution >= 4 is 17.1 Å². The molecule has 2 aromatic heterocycles. The van der Waals surface area contributed by atoms with Crippen molar-refractivity contribution in [2.24, 2.45) is 0 Å². The summed E-state index contributed by atoms with van der Waals surface area (Å²) in [6.45, 7) is 1.86. The summed E-state index contributed by atoms with van der Waals surface area (Å²) in [5.74, 6) is 0.630. The maximum atomic E-state index is 12.8.